The second kappa shape index (κ2) is 9.54. The molecule has 168 valence electrons. The summed E-state index contributed by atoms with van der Waals surface area (Å²) >= 11 is 4.33. The van der Waals surface area contributed by atoms with Gasteiger partial charge in [0.25, 0.3) is 0 Å². The minimum absolute atomic E-state index is 0.0413. The highest BCUT2D eigenvalue weighted by Gasteiger charge is 2.43. The van der Waals surface area contributed by atoms with E-state index in [2.05, 4.69) is 42.9 Å². The van der Waals surface area contributed by atoms with E-state index in [4.69, 9.17) is 10.5 Å². The number of nitrogens with two attached hydrogens (primary N) is 1. The zero-order chi connectivity index (χ0) is 21.9. The van der Waals surface area contributed by atoms with Crippen LogP contribution >= 0.6 is 12.6 Å². The van der Waals surface area contributed by atoms with Crippen LogP contribution in [0.2, 0.25) is 25.7 Å². The van der Waals surface area contributed by atoms with Crippen molar-refractivity contribution in [1.82, 2.24) is 15.5 Å². The number of urea groups is 1. The van der Waals surface area contributed by atoms with Crippen LogP contribution in [0.15, 0.2) is 0 Å². The van der Waals surface area contributed by atoms with E-state index in [0.29, 0.717) is 32.3 Å². The molecule has 0 aliphatic carbocycles. The molecule has 0 aromatic carbocycles. The summed E-state index contributed by atoms with van der Waals surface area (Å²) < 4.78 is 29.0. The van der Waals surface area contributed by atoms with Crippen molar-refractivity contribution in [3.63, 3.8) is 0 Å². The Hall–Kier alpha value is -0.823. The van der Waals surface area contributed by atoms with Gasteiger partial charge in [-0.25, -0.2) is 13.2 Å². The van der Waals surface area contributed by atoms with Crippen LogP contribution in [0.5, 0.6) is 0 Å². The van der Waals surface area contributed by atoms with Crippen molar-refractivity contribution in [2.75, 3.05) is 37.8 Å². The number of sulfone groups is 1. The minimum Gasteiger partial charge on any atom is -0.378 e. The lowest BCUT2D eigenvalue weighted by molar-refractivity contribution is -0.124. The number of thiol groups is 1. The molecule has 0 radical (unpaired) electrons. The third-order valence-electron chi connectivity index (χ3n) is 5.39. The van der Waals surface area contributed by atoms with Crippen molar-refractivity contribution in [3.8, 4) is 0 Å². The summed E-state index contributed by atoms with van der Waals surface area (Å²) in [5.41, 5.74) is 5.13. The summed E-state index contributed by atoms with van der Waals surface area (Å²) in [7, 11) is -4.83. The monoisotopic (exact) mass is 466 g/mol. The van der Waals surface area contributed by atoms with Gasteiger partial charge in [-0.05, 0) is 18.9 Å². The normalized spacial score (nSPS) is 23.7. The van der Waals surface area contributed by atoms with Crippen molar-refractivity contribution >= 4 is 42.5 Å². The van der Waals surface area contributed by atoms with Gasteiger partial charge in [0.2, 0.25) is 5.91 Å². The number of rotatable bonds is 6. The van der Waals surface area contributed by atoms with Crippen molar-refractivity contribution < 1.29 is 22.7 Å². The standard InChI is InChI=1S/C17H34N4O5S2Si/c1-29(2,3)12-13(19-16(23)21-6-8-26-9-7-21)14(22)20-17(15(18)27)4-10-28(24,25)11-5-17/h13,15,27H,4-12,18H2,1-3H3,(H,19,23)(H,20,22)/t13-,15?/m0/s1. The predicted octanol–water partition coefficient (Wildman–Crippen LogP) is 0.0132. The Kier molecular flexibility index (Phi) is 8.04. The van der Waals surface area contributed by atoms with Gasteiger partial charge in [0, 0.05) is 21.2 Å². The van der Waals surface area contributed by atoms with Crippen LogP contribution in [-0.2, 0) is 19.4 Å². The lowest BCUT2D eigenvalue weighted by atomic mass is 9.91. The van der Waals surface area contributed by atoms with Crippen LogP contribution in [0.1, 0.15) is 12.8 Å². The molecular formula is C17H34N4O5S2Si. The number of carbonyl (C=O) groups is 2. The maximum atomic E-state index is 13.2. The predicted molar refractivity (Wildman–Crippen MR) is 119 cm³/mol. The topological polar surface area (TPSA) is 131 Å². The SMILES string of the molecule is C[Si](C)(C)C[C@H](NC(=O)N1CCOCC1)C(=O)NC1(C(N)S)CCS(=O)(=O)CC1. The molecule has 1 unspecified atom stereocenters. The Morgan fingerprint density at radius 2 is 1.76 bits per heavy atom. The number of nitrogens with zero attached hydrogens (tertiary/aromatic N) is 1. The molecule has 0 saturated carbocycles. The summed E-state index contributed by atoms with van der Waals surface area (Å²) in [6.45, 7) is 8.30. The third kappa shape index (κ3) is 7.12. The van der Waals surface area contributed by atoms with E-state index in [0.717, 1.165) is 0 Å². The molecule has 12 heteroatoms. The Balaban J connectivity index is 2.13. The van der Waals surface area contributed by atoms with Crippen molar-refractivity contribution in [1.29, 1.82) is 0 Å². The molecule has 4 N–H and O–H groups in total. The third-order valence-corrected chi connectivity index (χ3v) is 9.17. The Labute approximate surface area is 179 Å². The van der Waals surface area contributed by atoms with Gasteiger partial charge in [-0.15, -0.1) is 0 Å². The molecular weight excluding hydrogens is 432 g/mol. The van der Waals surface area contributed by atoms with Gasteiger partial charge < -0.3 is 26.0 Å². The Bertz CT molecular complexity index is 691. The fourth-order valence-electron chi connectivity index (χ4n) is 3.56. The first-order chi connectivity index (χ1) is 13.3. The van der Waals surface area contributed by atoms with Gasteiger partial charge in [0.15, 0.2) is 9.84 Å². The fraction of sp³-hybridized carbons (Fsp3) is 0.882. The summed E-state index contributed by atoms with van der Waals surface area (Å²) in [5, 5.41) is 5.13. The molecule has 3 amide bonds. The fourth-order valence-corrected chi connectivity index (χ4v) is 6.95. The maximum Gasteiger partial charge on any atom is 0.318 e. The van der Waals surface area contributed by atoms with Crippen LogP contribution in [0.3, 0.4) is 0 Å². The molecule has 9 nitrogen and oxygen atoms in total. The molecule has 0 aromatic rings. The maximum absolute atomic E-state index is 13.2. The van der Waals surface area contributed by atoms with Crippen LogP contribution < -0.4 is 16.4 Å². The Morgan fingerprint density at radius 3 is 2.24 bits per heavy atom. The van der Waals surface area contributed by atoms with Gasteiger partial charge >= 0.3 is 6.03 Å². The number of amides is 3. The zero-order valence-corrected chi connectivity index (χ0v) is 20.2. The van der Waals surface area contributed by atoms with Crippen molar-refractivity contribution in [2.45, 2.75) is 55.5 Å². The van der Waals surface area contributed by atoms with Crippen LogP contribution in [0.25, 0.3) is 0 Å². The highest BCUT2D eigenvalue weighted by atomic mass is 32.2. The summed E-state index contributed by atoms with van der Waals surface area (Å²) in [5.74, 6) is -0.418. The molecule has 0 aromatic heterocycles. The summed E-state index contributed by atoms with van der Waals surface area (Å²) in [6, 6.07) is -0.438. The number of hydrogen-bond acceptors (Lipinski definition) is 7. The van der Waals surface area contributed by atoms with E-state index in [1.54, 1.807) is 4.90 Å². The molecule has 2 aliphatic heterocycles. The second-order valence-electron chi connectivity index (χ2n) is 9.11. The molecule has 2 fully saturated rings. The van der Waals surface area contributed by atoms with E-state index in [-0.39, 0.29) is 36.3 Å². The van der Waals surface area contributed by atoms with Crippen LogP contribution in [0.4, 0.5) is 4.79 Å². The van der Waals surface area contributed by atoms with E-state index in [9.17, 15) is 18.0 Å². The van der Waals surface area contributed by atoms with E-state index in [1.807, 2.05) is 0 Å². The molecule has 2 heterocycles. The molecule has 29 heavy (non-hydrogen) atoms. The molecule has 2 aliphatic rings. The quantitative estimate of drug-likeness (QED) is 0.248. The number of morpholine rings is 1. The molecule has 0 bridgehead atoms. The average molecular weight is 467 g/mol. The number of nitrogens with one attached hydrogen (secondary N) is 2. The van der Waals surface area contributed by atoms with Gasteiger partial charge in [0.05, 0.1) is 35.6 Å². The summed E-state index contributed by atoms with van der Waals surface area (Å²) in [6.07, 6.45) is 0.422. The summed E-state index contributed by atoms with van der Waals surface area (Å²) in [4.78, 5) is 27.5. The second-order valence-corrected chi connectivity index (χ2v) is 17.5. The average Bonchev–Trinajstić information content (AvgIpc) is 2.62. The first-order valence-electron chi connectivity index (χ1n) is 9.93. The molecule has 0 spiro atoms. The lowest BCUT2D eigenvalue weighted by Gasteiger charge is -2.41. The lowest BCUT2D eigenvalue weighted by Crippen LogP contribution is -2.65. The highest BCUT2D eigenvalue weighted by Crippen LogP contribution is 2.28. The number of hydrogen-bond donors (Lipinski definition) is 4. The van der Waals surface area contributed by atoms with Crippen molar-refractivity contribution in [3.05, 3.63) is 0 Å². The first kappa shape index (κ1) is 24.4. The number of ether oxygens (including phenoxy) is 1. The van der Waals surface area contributed by atoms with E-state index >= 15 is 0 Å². The largest absolute Gasteiger partial charge is 0.378 e. The molecule has 2 atom stereocenters. The minimum atomic E-state index is -3.13. The molecule has 2 rings (SSSR count). The smallest absolute Gasteiger partial charge is 0.318 e. The van der Waals surface area contributed by atoms with Crippen LogP contribution in [-0.4, -0.2) is 88.1 Å². The van der Waals surface area contributed by atoms with E-state index < -0.39 is 34.9 Å². The van der Waals surface area contributed by atoms with Gasteiger partial charge in [-0.1, -0.05) is 19.6 Å². The molecule has 2 saturated heterocycles. The van der Waals surface area contributed by atoms with Gasteiger partial charge in [0.1, 0.15) is 6.04 Å². The first-order valence-corrected chi connectivity index (χ1v) is 16.0. The van der Waals surface area contributed by atoms with E-state index in [1.165, 1.54) is 0 Å². The van der Waals surface area contributed by atoms with Crippen LogP contribution in [0, 0.1) is 0 Å². The highest BCUT2D eigenvalue weighted by molar-refractivity contribution is 7.91. The zero-order valence-electron chi connectivity index (χ0n) is 17.4. The van der Waals surface area contributed by atoms with Gasteiger partial charge in [-0.2, -0.15) is 12.6 Å². The Morgan fingerprint density at radius 1 is 1.21 bits per heavy atom. The van der Waals surface area contributed by atoms with Gasteiger partial charge in [-0.3, -0.25) is 4.79 Å². The van der Waals surface area contributed by atoms with Crippen molar-refractivity contribution in [2.24, 2.45) is 5.73 Å². The number of carbonyl (C=O) groups excluding carboxylic acids is 2.